The zero-order chi connectivity index (χ0) is 28.8. The van der Waals surface area contributed by atoms with Gasteiger partial charge in [-0.25, -0.2) is 15.0 Å². The Morgan fingerprint density at radius 3 is 2.07 bits per heavy atom. The van der Waals surface area contributed by atoms with E-state index in [0.29, 0.717) is 17.1 Å². The van der Waals surface area contributed by atoms with Crippen molar-refractivity contribution < 1.29 is 4.42 Å². The lowest BCUT2D eigenvalue weighted by Gasteiger charge is -2.04. The number of para-hydroxylation sites is 2. The Hall–Kier alpha value is -6.07. The highest BCUT2D eigenvalue weighted by atomic mass is 16.3. The second kappa shape index (κ2) is 8.72. The standard InChI is InChI=1S/C39H22N4O/c1-2-9-23(10-3-1)37-40-38-26-13-6-11-24(21-26)25-12-7-14-27(22-25)43-33-18-5-4-15-28(33)29-19-20-31-30-16-8-17-32(39(41-37)42-38)35(30)44-36(31)34(29)43/h1-22H. The van der Waals surface area contributed by atoms with Gasteiger partial charge < -0.3 is 8.82 Å². The van der Waals surface area contributed by atoms with E-state index in [0.717, 1.165) is 71.0 Å². The number of hydrogen-bond acceptors (Lipinski definition) is 4. The molecular formula is C39H22N4O. The third-order valence-electron chi connectivity index (χ3n) is 8.77. The first-order valence-corrected chi connectivity index (χ1v) is 14.7. The van der Waals surface area contributed by atoms with Gasteiger partial charge in [0.15, 0.2) is 22.7 Å². The van der Waals surface area contributed by atoms with Gasteiger partial charge in [-0.15, -0.1) is 0 Å². The van der Waals surface area contributed by atoms with Crippen molar-refractivity contribution in [3.63, 3.8) is 0 Å². The van der Waals surface area contributed by atoms with Gasteiger partial charge in [0.1, 0.15) is 5.58 Å². The topological polar surface area (TPSA) is 56.2 Å². The van der Waals surface area contributed by atoms with E-state index in [4.69, 9.17) is 19.4 Å². The van der Waals surface area contributed by atoms with Crippen LogP contribution >= 0.6 is 0 Å². The SMILES string of the molecule is c1ccc(-c2nc3nc(n2)c2cccc4c5ccc6c7ccccc7n(c7cccc(c7)c7cccc3c7)c6c5oc24)cc1. The molecule has 0 saturated heterocycles. The molecule has 204 valence electrons. The van der Waals surface area contributed by atoms with Crippen LogP contribution in [0.15, 0.2) is 138 Å². The summed E-state index contributed by atoms with van der Waals surface area (Å²) in [5.41, 5.74) is 7.00. The zero-order valence-corrected chi connectivity index (χ0v) is 23.4. The van der Waals surface area contributed by atoms with E-state index in [-0.39, 0.29) is 0 Å². The fourth-order valence-corrected chi connectivity index (χ4v) is 6.75. The third-order valence-corrected chi connectivity index (χ3v) is 8.77. The Morgan fingerprint density at radius 2 is 1.14 bits per heavy atom. The van der Waals surface area contributed by atoms with Crippen LogP contribution in [0.1, 0.15) is 0 Å². The molecule has 10 rings (SSSR count). The monoisotopic (exact) mass is 562 g/mol. The largest absolute Gasteiger partial charge is 0.453 e. The number of fused-ring (bicyclic) bond motifs is 14. The number of nitrogens with zero attached hydrogens (tertiary/aromatic N) is 4. The first-order chi connectivity index (χ1) is 21.8. The van der Waals surface area contributed by atoms with Crippen molar-refractivity contribution in [3.8, 4) is 11.4 Å². The predicted molar refractivity (Wildman–Crippen MR) is 180 cm³/mol. The minimum Gasteiger partial charge on any atom is -0.453 e. The quantitative estimate of drug-likeness (QED) is 0.200. The van der Waals surface area contributed by atoms with Gasteiger partial charge >= 0.3 is 0 Å². The van der Waals surface area contributed by atoms with Crippen molar-refractivity contribution in [1.82, 2.24) is 19.4 Å². The van der Waals surface area contributed by atoms with Gasteiger partial charge in [-0.3, -0.25) is 0 Å². The Kier molecular flexibility index (Phi) is 4.66. The van der Waals surface area contributed by atoms with Crippen molar-refractivity contribution in [2.75, 3.05) is 0 Å². The molecule has 0 saturated carbocycles. The molecule has 0 aliphatic carbocycles. The third kappa shape index (κ3) is 3.26. The fraction of sp³-hybridized carbons (Fsp3) is 0. The van der Waals surface area contributed by atoms with E-state index in [1.165, 1.54) is 5.39 Å². The molecule has 0 radical (unpaired) electrons. The maximum absolute atomic E-state index is 6.93. The molecule has 0 unspecified atom stereocenters. The van der Waals surface area contributed by atoms with Crippen LogP contribution in [0.5, 0.6) is 0 Å². The molecule has 5 heteroatoms. The molecule has 0 spiro atoms. The van der Waals surface area contributed by atoms with E-state index >= 15 is 0 Å². The summed E-state index contributed by atoms with van der Waals surface area (Å²) in [6.07, 6.45) is 0. The van der Waals surface area contributed by atoms with Crippen LogP contribution in [0.2, 0.25) is 0 Å². The minimum absolute atomic E-state index is 0.580. The number of aromatic nitrogens is 4. The summed E-state index contributed by atoms with van der Waals surface area (Å²) in [7, 11) is 0. The summed E-state index contributed by atoms with van der Waals surface area (Å²) in [5.74, 6) is 0.623. The van der Waals surface area contributed by atoms with Crippen molar-refractivity contribution in [1.29, 1.82) is 0 Å². The van der Waals surface area contributed by atoms with Crippen molar-refractivity contribution >= 4 is 82.1 Å². The molecular weight excluding hydrogens is 540 g/mol. The van der Waals surface area contributed by atoms with E-state index in [1.54, 1.807) is 0 Å². The molecule has 4 aromatic heterocycles. The summed E-state index contributed by atoms with van der Waals surface area (Å²) in [5, 5.41) is 8.40. The number of rotatable bonds is 1. The van der Waals surface area contributed by atoms with Gasteiger partial charge in [-0.05, 0) is 47.2 Å². The molecule has 0 atom stereocenters. The zero-order valence-electron chi connectivity index (χ0n) is 23.4. The highest BCUT2D eigenvalue weighted by Gasteiger charge is 2.18. The molecule has 0 amide bonds. The molecule has 6 aromatic carbocycles. The highest BCUT2D eigenvalue weighted by molar-refractivity contribution is 6.23. The Balaban J connectivity index is 1.53. The smallest absolute Gasteiger partial charge is 0.167 e. The second-order valence-corrected chi connectivity index (χ2v) is 11.3. The van der Waals surface area contributed by atoms with E-state index in [2.05, 4.69) is 101 Å². The van der Waals surface area contributed by atoms with Crippen LogP contribution in [0, 0.1) is 0 Å². The summed E-state index contributed by atoms with van der Waals surface area (Å²) in [6, 6.07) is 46.5. The highest BCUT2D eigenvalue weighted by Crippen LogP contribution is 2.40. The Morgan fingerprint density at radius 1 is 0.455 bits per heavy atom. The molecule has 5 nitrogen and oxygen atoms in total. The van der Waals surface area contributed by atoms with Crippen LogP contribution < -0.4 is 0 Å². The molecule has 4 heterocycles. The molecule has 0 N–H and O–H groups in total. The van der Waals surface area contributed by atoms with Crippen molar-refractivity contribution in [2.45, 2.75) is 0 Å². The van der Waals surface area contributed by atoms with E-state index in [1.807, 2.05) is 36.4 Å². The first-order valence-electron chi connectivity index (χ1n) is 14.7. The van der Waals surface area contributed by atoms with Gasteiger partial charge in [0.25, 0.3) is 0 Å². The average molecular weight is 563 g/mol. The number of hydrogen-bond donors (Lipinski definition) is 0. The van der Waals surface area contributed by atoms with E-state index in [9.17, 15) is 0 Å². The van der Waals surface area contributed by atoms with E-state index < -0.39 is 0 Å². The fourth-order valence-electron chi connectivity index (χ4n) is 6.75. The van der Waals surface area contributed by atoms with Crippen molar-refractivity contribution in [3.05, 3.63) is 133 Å². The molecule has 10 aromatic rings. The molecule has 44 heavy (non-hydrogen) atoms. The maximum Gasteiger partial charge on any atom is 0.167 e. The summed E-state index contributed by atoms with van der Waals surface area (Å²) in [4.78, 5) is 15.1. The van der Waals surface area contributed by atoms with Gasteiger partial charge in [-0.2, -0.15) is 0 Å². The normalized spacial score (nSPS) is 12.1. The Labute approximate surface area is 250 Å². The lowest BCUT2D eigenvalue weighted by Crippen LogP contribution is -1.94. The lowest BCUT2D eigenvalue weighted by atomic mass is 10.1. The number of benzene rings is 6. The van der Waals surface area contributed by atoms with Gasteiger partial charge in [0.05, 0.1) is 16.4 Å². The molecule has 0 fully saturated rings. The molecule has 0 aliphatic rings. The lowest BCUT2D eigenvalue weighted by molar-refractivity contribution is 0.675. The van der Waals surface area contributed by atoms with Gasteiger partial charge in [0, 0.05) is 38.0 Å². The molecule has 8 bridgehead atoms. The van der Waals surface area contributed by atoms with Crippen LogP contribution in [-0.4, -0.2) is 19.4 Å². The molecule has 0 aliphatic heterocycles. The first kappa shape index (κ1) is 23.5. The summed E-state index contributed by atoms with van der Waals surface area (Å²) < 4.78 is 9.27. The van der Waals surface area contributed by atoms with Crippen molar-refractivity contribution in [2.24, 2.45) is 0 Å². The van der Waals surface area contributed by atoms with Crippen LogP contribution in [-0.2, 0) is 0 Å². The number of furan rings is 1. The van der Waals surface area contributed by atoms with Crippen LogP contribution in [0.4, 0.5) is 0 Å². The average Bonchev–Trinajstić information content (AvgIpc) is 3.64. The Bertz CT molecular complexity index is 2830. The predicted octanol–water partition coefficient (Wildman–Crippen LogP) is 10.0. The summed E-state index contributed by atoms with van der Waals surface area (Å²) >= 11 is 0. The maximum atomic E-state index is 6.93. The second-order valence-electron chi connectivity index (χ2n) is 11.3. The van der Waals surface area contributed by atoms with Gasteiger partial charge in [0.2, 0.25) is 0 Å². The van der Waals surface area contributed by atoms with Crippen LogP contribution in [0.3, 0.4) is 0 Å². The minimum atomic E-state index is 0.580. The van der Waals surface area contributed by atoms with Crippen LogP contribution in [0.25, 0.3) is 93.5 Å². The van der Waals surface area contributed by atoms with Gasteiger partial charge in [-0.1, -0.05) is 97.1 Å². The summed E-state index contributed by atoms with van der Waals surface area (Å²) in [6.45, 7) is 0.